The number of morpholine rings is 1. The third-order valence-electron chi connectivity index (χ3n) is 5.62. The van der Waals surface area contributed by atoms with E-state index in [2.05, 4.69) is 14.8 Å². The quantitative estimate of drug-likeness (QED) is 0.787. The highest BCUT2D eigenvalue weighted by Gasteiger charge is 2.21. The van der Waals surface area contributed by atoms with E-state index in [0.29, 0.717) is 32.0 Å². The van der Waals surface area contributed by atoms with Crippen LogP contribution >= 0.6 is 0 Å². The predicted molar refractivity (Wildman–Crippen MR) is 115 cm³/mol. The maximum atomic E-state index is 12.7. The second-order valence-electron chi connectivity index (χ2n) is 7.83. The van der Waals surface area contributed by atoms with Crippen LogP contribution in [0.15, 0.2) is 41.2 Å². The Labute approximate surface area is 176 Å². The minimum Gasteiger partial charge on any atom is -0.379 e. The van der Waals surface area contributed by atoms with Crippen molar-refractivity contribution in [3.63, 3.8) is 0 Å². The van der Waals surface area contributed by atoms with Crippen molar-refractivity contribution in [1.29, 1.82) is 0 Å². The van der Waals surface area contributed by atoms with E-state index in [1.54, 1.807) is 6.07 Å². The summed E-state index contributed by atoms with van der Waals surface area (Å²) in [5.41, 5.74) is 1.67. The Hall–Kier alpha value is -2.71. The molecule has 0 radical (unpaired) electrons. The molecule has 8 heteroatoms. The van der Waals surface area contributed by atoms with Crippen LogP contribution in [0.2, 0.25) is 0 Å². The standard InChI is InChI=1S/C22H29N5O3/c28-20-16-19(17-25-11-13-30-14-12-25)23-22(24-20)27-8-4-7-26(9-10-27)21(29)15-18-5-2-1-3-6-18/h1-3,5-6,16H,4,7-15,17H2,(H,23,24,28). The first-order valence-electron chi connectivity index (χ1n) is 10.6. The summed E-state index contributed by atoms with van der Waals surface area (Å²) >= 11 is 0. The minimum atomic E-state index is -0.135. The highest BCUT2D eigenvalue weighted by atomic mass is 16.5. The number of anilines is 1. The molecule has 0 aliphatic carbocycles. The fraction of sp³-hybridized carbons (Fsp3) is 0.500. The van der Waals surface area contributed by atoms with Gasteiger partial charge >= 0.3 is 0 Å². The van der Waals surface area contributed by atoms with Gasteiger partial charge in [-0.1, -0.05) is 30.3 Å². The maximum absolute atomic E-state index is 12.7. The molecule has 0 spiro atoms. The number of carbonyl (C=O) groups excluding carboxylic acids is 1. The van der Waals surface area contributed by atoms with E-state index in [1.165, 1.54) is 0 Å². The molecule has 1 aromatic heterocycles. The molecule has 0 bridgehead atoms. The summed E-state index contributed by atoms with van der Waals surface area (Å²) in [4.78, 5) is 38.8. The molecule has 2 aromatic rings. The zero-order valence-corrected chi connectivity index (χ0v) is 17.3. The second-order valence-corrected chi connectivity index (χ2v) is 7.83. The van der Waals surface area contributed by atoms with Crippen LogP contribution in [0.4, 0.5) is 5.95 Å². The van der Waals surface area contributed by atoms with Gasteiger partial charge in [0, 0.05) is 51.9 Å². The fourth-order valence-corrected chi connectivity index (χ4v) is 3.97. The lowest BCUT2D eigenvalue weighted by atomic mass is 10.1. The van der Waals surface area contributed by atoms with Crippen LogP contribution < -0.4 is 10.5 Å². The molecule has 0 saturated carbocycles. The average Bonchev–Trinajstić information content (AvgIpc) is 3.01. The molecule has 4 rings (SSSR count). The van der Waals surface area contributed by atoms with Crippen molar-refractivity contribution >= 4 is 11.9 Å². The number of hydrogen-bond donors (Lipinski definition) is 1. The van der Waals surface area contributed by atoms with Gasteiger partial charge in [-0.2, -0.15) is 0 Å². The number of hydrogen-bond acceptors (Lipinski definition) is 6. The molecule has 2 aliphatic rings. The molecule has 2 fully saturated rings. The lowest BCUT2D eigenvalue weighted by Crippen LogP contribution is -2.37. The highest BCUT2D eigenvalue weighted by Crippen LogP contribution is 2.13. The van der Waals surface area contributed by atoms with Gasteiger partial charge < -0.3 is 14.5 Å². The number of H-pyrrole nitrogens is 1. The van der Waals surface area contributed by atoms with Crippen molar-refractivity contribution in [2.24, 2.45) is 0 Å². The van der Waals surface area contributed by atoms with Crippen LogP contribution in [0.5, 0.6) is 0 Å². The van der Waals surface area contributed by atoms with E-state index in [0.717, 1.165) is 57.1 Å². The van der Waals surface area contributed by atoms with Gasteiger partial charge in [0.05, 0.1) is 25.3 Å². The topological polar surface area (TPSA) is 81.8 Å². The molecule has 30 heavy (non-hydrogen) atoms. The summed E-state index contributed by atoms with van der Waals surface area (Å²) in [7, 11) is 0. The molecule has 1 aromatic carbocycles. The predicted octanol–water partition coefficient (Wildman–Crippen LogP) is 0.884. The molecule has 0 atom stereocenters. The third-order valence-corrected chi connectivity index (χ3v) is 5.62. The molecular formula is C22H29N5O3. The van der Waals surface area contributed by atoms with Crippen LogP contribution in [-0.2, 0) is 22.5 Å². The van der Waals surface area contributed by atoms with E-state index in [4.69, 9.17) is 9.72 Å². The van der Waals surface area contributed by atoms with Crippen molar-refractivity contribution in [2.45, 2.75) is 19.4 Å². The summed E-state index contributed by atoms with van der Waals surface area (Å²) in [5.74, 6) is 0.744. The fourth-order valence-electron chi connectivity index (χ4n) is 3.97. The number of aromatic nitrogens is 2. The Morgan fingerprint density at radius 1 is 1.03 bits per heavy atom. The number of rotatable bonds is 5. The highest BCUT2D eigenvalue weighted by molar-refractivity contribution is 5.78. The van der Waals surface area contributed by atoms with Crippen LogP contribution in [-0.4, -0.2) is 78.2 Å². The van der Waals surface area contributed by atoms with Gasteiger partial charge in [-0.25, -0.2) is 4.98 Å². The monoisotopic (exact) mass is 411 g/mol. The molecule has 3 heterocycles. The molecule has 2 aliphatic heterocycles. The van der Waals surface area contributed by atoms with Gasteiger partial charge in [0.1, 0.15) is 0 Å². The number of nitrogens with one attached hydrogen (secondary N) is 1. The van der Waals surface area contributed by atoms with Crippen LogP contribution in [0, 0.1) is 0 Å². The van der Waals surface area contributed by atoms with Gasteiger partial charge in [-0.3, -0.25) is 19.5 Å². The van der Waals surface area contributed by atoms with Crippen molar-refractivity contribution in [2.75, 3.05) is 57.4 Å². The summed E-state index contributed by atoms with van der Waals surface area (Å²) < 4.78 is 5.39. The van der Waals surface area contributed by atoms with Crippen molar-refractivity contribution in [1.82, 2.24) is 19.8 Å². The number of benzene rings is 1. The lowest BCUT2D eigenvalue weighted by molar-refractivity contribution is -0.130. The Morgan fingerprint density at radius 2 is 1.83 bits per heavy atom. The van der Waals surface area contributed by atoms with Crippen molar-refractivity contribution in [3.8, 4) is 0 Å². The molecular weight excluding hydrogens is 382 g/mol. The first-order valence-corrected chi connectivity index (χ1v) is 10.6. The lowest BCUT2D eigenvalue weighted by Gasteiger charge is -2.27. The van der Waals surface area contributed by atoms with Crippen LogP contribution in [0.25, 0.3) is 0 Å². The Kier molecular flexibility index (Phi) is 6.76. The van der Waals surface area contributed by atoms with Gasteiger partial charge in [-0.15, -0.1) is 0 Å². The normalized spacial score (nSPS) is 18.3. The smallest absolute Gasteiger partial charge is 0.252 e. The second kappa shape index (κ2) is 9.86. The zero-order valence-electron chi connectivity index (χ0n) is 17.3. The van der Waals surface area contributed by atoms with E-state index in [9.17, 15) is 9.59 Å². The van der Waals surface area contributed by atoms with E-state index >= 15 is 0 Å². The zero-order chi connectivity index (χ0) is 20.8. The van der Waals surface area contributed by atoms with Gasteiger partial charge in [-0.05, 0) is 12.0 Å². The van der Waals surface area contributed by atoms with E-state index in [1.807, 2.05) is 35.2 Å². The Morgan fingerprint density at radius 3 is 2.63 bits per heavy atom. The summed E-state index contributed by atoms with van der Waals surface area (Å²) in [6, 6.07) is 11.4. The molecule has 160 valence electrons. The maximum Gasteiger partial charge on any atom is 0.252 e. The van der Waals surface area contributed by atoms with Gasteiger partial charge in [0.25, 0.3) is 5.56 Å². The van der Waals surface area contributed by atoms with Gasteiger partial charge in [0.15, 0.2) is 0 Å². The first kappa shape index (κ1) is 20.6. The third kappa shape index (κ3) is 5.46. The molecule has 8 nitrogen and oxygen atoms in total. The number of aromatic amines is 1. The number of carbonyl (C=O) groups is 1. The largest absolute Gasteiger partial charge is 0.379 e. The SMILES string of the molecule is O=C(Cc1ccccc1)N1CCCN(c2nc(CN3CCOCC3)cc(=O)[nH]2)CC1. The summed E-state index contributed by atoms with van der Waals surface area (Å²) in [5, 5.41) is 0. The average molecular weight is 412 g/mol. The minimum absolute atomic E-state index is 0.135. The molecule has 2 saturated heterocycles. The van der Waals surface area contributed by atoms with Crippen LogP contribution in [0.1, 0.15) is 17.7 Å². The van der Waals surface area contributed by atoms with Crippen LogP contribution in [0.3, 0.4) is 0 Å². The molecule has 1 N–H and O–H groups in total. The van der Waals surface area contributed by atoms with Crippen molar-refractivity contribution in [3.05, 3.63) is 58.0 Å². The molecule has 1 amide bonds. The Balaban J connectivity index is 1.39. The Bertz CT molecular complexity index is 895. The van der Waals surface area contributed by atoms with Gasteiger partial charge in [0.2, 0.25) is 11.9 Å². The first-order chi connectivity index (χ1) is 14.7. The van der Waals surface area contributed by atoms with E-state index in [-0.39, 0.29) is 11.5 Å². The number of nitrogens with zero attached hydrogens (tertiary/aromatic N) is 4. The number of ether oxygens (including phenoxy) is 1. The summed E-state index contributed by atoms with van der Waals surface area (Å²) in [6.45, 7) is 6.56. The molecule has 0 unspecified atom stereocenters. The van der Waals surface area contributed by atoms with Crippen molar-refractivity contribution < 1.29 is 9.53 Å². The number of amides is 1. The summed E-state index contributed by atoms with van der Waals surface area (Å²) in [6.07, 6.45) is 1.27. The van der Waals surface area contributed by atoms with E-state index < -0.39 is 0 Å².